The fourth-order valence-electron chi connectivity index (χ4n) is 1.49. The Labute approximate surface area is 98.7 Å². The topological polar surface area (TPSA) is 55.8 Å². The minimum Gasteiger partial charge on any atom is -0.444 e. The molecule has 2 atom stereocenters. The van der Waals surface area contributed by atoms with Crippen molar-refractivity contribution in [2.75, 3.05) is 19.3 Å². The van der Waals surface area contributed by atoms with Crippen LogP contribution >= 0.6 is 0 Å². The van der Waals surface area contributed by atoms with Crippen molar-refractivity contribution < 1.29 is 17.9 Å². The lowest BCUT2D eigenvalue weighted by molar-refractivity contribution is 0.0277. The molecule has 0 spiro atoms. The molecular weight excluding hydrogens is 230 g/mol. The molecule has 16 heavy (non-hydrogen) atoms. The van der Waals surface area contributed by atoms with Crippen molar-refractivity contribution in [3.8, 4) is 0 Å². The van der Waals surface area contributed by atoms with Crippen molar-refractivity contribution in [1.82, 2.24) is 4.90 Å². The van der Waals surface area contributed by atoms with Gasteiger partial charge in [-0.2, -0.15) is 0 Å². The van der Waals surface area contributed by atoms with E-state index in [1.807, 2.05) is 20.8 Å². The van der Waals surface area contributed by atoms with Gasteiger partial charge in [0.25, 0.3) is 0 Å². The lowest BCUT2D eigenvalue weighted by Gasteiger charge is -2.24. The van der Waals surface area contributed by atoms with E-state index in [4.69, 9.17) is 8.92 Å². The van der Waals surface area contributed by atoms with Crippen LogP contribution in [0.1, 0.15) is 27.2 Å². The Hall–Kier alpha value is -0.620. The highest BCUT2D eigenvalue weighted by molar-refractivity contribution is 7.79. The maximum atomic E-state index is 11.7. The van der Waals surface area contributed by atoms with Crippen molar-refractivity contribution in [3.05, 3.63) is 0 Å². The Bertz CT molecular complexity index is 287. The van der Waals surface area contributed by atoms with Gasteiger partial charge >= 0.3 is 6.09 Å². The summed E-state index contributed by atoms with van der Waals surface area (Å²) in [5, 5.41) is 0. The zero-order valence-corrected chi connectivity index (χ0v) is 11.0. The van der Waals surface area contributed by atoms with Gasteiger partial charge in [-0.15, -0.1) is 0 Å². The number of rotatable bonds is 2. The van der Waals surface area contributed by atoms with Gasteiger partial charge in [0, 0.05) is 12.8 Å². The van der Waals surface area contributed by atoms with Gasteiger partial charge < -0.3 is 9.64 Å². The van der Waals surface area contributed by atoms with Gasteiger partial charge in [0.15, 0.2) is 11.1 Å². The van der Waals surface area contributed by atoms with E-state index in [0.717, 1.165) is 0 Å². The molecule has 0 aliphatic carbocycles. The molecule has 0 radical (unpaired) electrons. The molecule has 0 bridgehead atoms. The van der Waals surface area contributed by atoms with Crippen LogP contribution in [0.25, 0.3) is 0 Å². The van der Waals surface area contributed by atoms with Crippen LogP contribution in [0.4, 0.5) is 4.79 Å². The summed E-state index contributed by atoms with van der Waals surface area (Å²) in [6.45, 7) is 6.54. The van der Waals surface area contributed by atoms with Gasteiger partial charge in [-0.25, -0.2) is 9.00 Å². The van der Waals surface area contributed by atoms with E-state index in [-0.39, 0.29) is 12.2 Å². The van der Waals surface area contributed by atoms with Crippen molar-refractivity contribution >= 4 is 17.2 Å². The van der Waals surface area contributed by atoms with E-state index < -0.39 is 16.7 Å². The third-order valence-electron chi connectivity index (χ3n) is 2.07. The van der Waals surface area contributed by atoms with Gasteiger partial charge in [-0.3, -0.25) is 4.18 Å². The van der Waals surface area contributed by atoms with E-state index in [2.05, 4.69) is 0 Å². The second-order valence-corrected chi connectivity index (χ2v) is 5.83. The molecule has 6 heteroatoms. The molecular formula is C10H19NO4S. The van der Waals surface area contributed by atoms with E-state index in [1.54, 1.807) is 4.90 Å². The first-order valence-electron chi connectivity index (χ1n) is 5.26. The minimum atomic E-state index is -1.28. The molecule has 1 unspecified atom stereocenters. The van der Waals surface area contributed by atoms with Crippen LogP contribution in [-0.4, -0.2) is 46.3 Å². The second kappa shape index (κ2) is 5.14. The predicted octanol–water partition coefficient (Wildman–Crippen LogP) is 1.31. The average molecular weight is 249 g/mol. The molecule has 1 amide bonds. The maximum absolute atomic E-state index is 11.7. The first-order valence-corrected chi connectivity index (χ1v) is 6.75. The van der Waals surface area contributed by atoms with Gasteiger partial charge in [0.1, 0.15) is 5.60 Å². The normalized spacial score (nSPS) is 23.2. The average Bonchev–Trinajstić information content (AvgIpc) is 2.48. The van der Waals surface area contributed by atoms with E-state index >= 15 is 0 Å². The molecule has 1 fully saturated rings. The van der Waals surface area contributed by atoms with Crippen LogP contribution in [0, 0.1) is 0 Å². The van der Waals surface area contributed by atoms with Crippen LogP contribution in [-0.2, 0) is 20.0 Å². The van der Waals surface area contributed by atoms with Crippen LogP contribution in [0.2, 0.25) is 0 Å². The van der Waals surface area contributed by atoms with Crippen molar-refractivity contribution in [2.45, 2.75) is 38.9 Å². The minimum absolute atomic E-state index is 0.140. The number of amides is 1. The maximum Gasteiger partial charge on any atom is 0.410 e. The fourth-order valence-corrected chi connectivity index (χ4v) is 2.03. The Kier molecular flexibility index (Phi) is 4.32. The van der Waals surface area contributed by atoms with Crippen molar-refractivity contribution in [1.29, 1.82) is 0 Å². The molecule has 0 aromatic carbocycles. The number of hydrogen-bond donors (Lipinski definition) is 0. The third kappa shape index (κ3) is 4.49. The summed E-state index contributed by atoms with van der Waals surface area (Å²) in [5.41, 5.74) is -0.483. The van der Waals surface area contributed by atoms with E-state index in [9.17, 15) is 9.00 Å². The Morgan fingerprint density at radius 3 is 2.56 bits per heavy atom. The van der Waals surface area contributed by atoms with Gasteiger partial charge in [-0.1, -0.05) is 0 Å². The lowest BCUT2D eigenvalue weighted by atomic mass is 10.2. The molecule has 1 aliphatic rings. The number of carbonyl (C=O) groups is 1. The first kappa shape index (κ1) is 13.4. The summed E-state index contributed by atoms with van der Waals surface area (Å²) in [5.74, 6) is 0. The smallest absolute Gasteiger partial charge is 0.410 e. The zero-order valence-electron chi connectivity index (χ0n) is 10.2. The highest BCUT2D eigenvalue weighted by atomic mass is 32.2. The molecule has 1 rings (SSSR count). The Balaban J connectivity index is 2.41. The zero-order chi connectivity index (χ0) is 12.3. The fraction of sp³-hybridized carbons (Fsp3) is 0.900. The van der Waals surface area contributed by atoms with Crippen LogP contribution in [0.5, 0.6) is 0 Å². The number of likely N-dealkylation sites (tertiary alicyclic amines) is 1. The van der Waals surface area contributed by atoms with Crippen molar-refractivity contribution in [3.63, 3.8) is 0 Å². The predicted molar refractivity (Wildman–Crippen MR) is 61.4 cm³/mol. The summed E-state index contributed by atoms with van der Waals surface area (Å²) in [7, 11) is 0. The highest BCUT2D eigenvalue weighted by Gasteiger charge is 2.30. The van der Waals surface area contributed by atoms with Gasteiger partial charge in [-0.05, 0) is 27.2 Å². The number of hydrogen-bond acceptors (Lipinski definition) is 4. The summed E-state index contributed by atoms with van der Waals surface area (Å²) >= 11 is -1.28. The SMILES string of the molecule is CS(=O)O[C@@H]1CCN(C(=O)OC(C)(C)C)C1. The lowest BCUT2D eigenvalue weighted by Crippen LogP contribution is -2.36. The molecule has 0 N–H and O–H groups in total. The highest BCUT2D eigenvalue weighted by Crippen LogP contribution is 2.17. The van der Waals surface area contributed by atoms with Gasteiger partial charge in [0.2, 0.25) is 0 Å². The molecule has 94 valence electrons. The van der Waals surface area contributed by atoms with E-state index in [0.29, 0.717) is 19.5 Å². The van der Waals surface area contributed by atoms with Crippen LogP contribution in [0.3, 0.4) is 0 Å². The Morgan fingerprint density at radius 1 is 1.44 bits per heavy atom. The Morgan fingerprint density at radius 2 is 2.06 bits per heavy atom. The molecule has 5 nitrogen and oxygen atoms in total. The van der Waals surface area contributed by atoms with Crippen molar-refractivity contribution in [2.24, 2.45) is 0 Å². The molecule has 0 saturated carbocycles. The second-order valence-electron chi connectivity index (χ2n) is 4.83. The standard InChI is InChI=1S/C10H19NO4S/c1-10(2,3)14-9(12)11-6-5-8(7-11)15-16(4)13/h8H,5-7H2,1-4H3/t8-,16?/m1/s1. The van der Waals surface area contributed by atoms with Crippen LogP contribution in [0.15, 0.2) is 0 Å². The summed E-state index contributed by atoms with van der Waals surface area (Å²) in [4.78, 5) is 13.3. The van der Waals surface area contributed by atoms with E-state index in [1.165, 1.54) is 6.26 Å². The third-order valence-corrected chi connectivity index (χ3v) is 2.61. The van der Waals surface area contributed by atoms with Gasteiger partial charge in [0.05, 0.1) is 12.6 Å². The molecule has 1 saturated heterocycles. The number of ether oxygens (including phenoxy) is 1. The molecule has 1 heterocycles. The largest absolute Gasteiger partial charge is 0.444 e. The monoisotopic (exact) mass is 249 g/mol. The molecule has 0 aromatic rings. The molecule has 1 aliphatic heterocycles. The molecule has 0 aromatic heterocycles. The summed E-state index contributed by atoms with van der Waals surface area (Å²) < 4.78 is 21.2. The summed E-state index contributed by atoms with van der Waals surface area (Å²) in [6, 6.07) is 0. The number of nitrogens with zero attached hydrogens (tertiary/aromatic N) is 1. The number of carbonyl (C=O) groups excluding carboxylic acids is 1. The van der Waals surface area contributed by atoms with Crippen LogP contribution < -0.4 is 0 Å². The summed E-state index contributed by atoms with van der Waals surface area (Å²) in [6.07, 6.45) is 1.72. The quantitative estimate of drug-likeness (QED) is 0.740. The first-order chi connectivity index (χ1) is 7.28.